The number of halogens is 2. The zero-order valence-corrected chi connectivity index (χ0v) is 21.4. The number of carbonyl (C=O) groups is 1. The smallest absolute Gasteiger partial charge is 0.260 e. The molecule has 1 saturated heterocycles. The van der Waals surface area contributed by atoms with Crippen LogP contribution < -0.4 is 15.4 Å². The predicted octanol–water partition coefficient (Wildman–Crippen LogP) is 6.95. The van der Waals surface area contributed by atoms with Crippen LogP contribution in [0, 0.1) is 0 Å². The van der Waals surface area contributed by atoms with Gasteiger partial charge < -0.3 is 15.4 Å². The summed E-state index contributed by atoms with van der Waals surface area (Å²) in [7, 11) is 0. The Morgan fingerprint density at radius 3 is 2.38 bits per heavy atom. The van der Waals surface area contributed by atoms with Gasteiger partial charge in [-0.1, -0.05) is 61.2 Å². The van der Waals surface area contributed by atoms with E-state index in [4.69, 9.17) is 4.74 Å². The fourth-order valence-corrected chi connectivity index (χ4v) is 5.67. The molecule has 0 spiro atoms. The first-order valence-corrected chi connectivity index (χ1v) is 12.7. The summed E-state index contributed by atoms with van der Waals surface area (Å²) in [5.74, 6) is 0.643. The molecular formula is C25H22Br2N2O2S. The third-order valence-electron chi connectivity index (χ3n) is 4.94. The normalized spacial score (nSPS) is 16.8. The number of carbonyl (C=O) groups excluding carboxylic acids is 1. The largest absolute Gasteiger partial charge is 0.487 e. The van der Waals surface area contributed by atoms with E-state index in [1.165, 1.54) is 17.3 Å². The van der Waals surface area contributed by atoms with E-state index in [1.807, 2.05) is 60.7 Å². The van der Waals surface area contributed by atoms with Gasteiger partial charge in [-0.3, -0.25) is 4.79 Å². The number of benzene rings is 3. The van der Waals surface area contributed by atoms with Crippen LogP contribution in [0.4, 0.5) is 5.69 Å². The zero-order chi connectivity index (χ0) is 22.5. The van der Waals surface area contributed by atoms with Crippen LogP contribution >= 0.6 is 43.6 Å². The number of rotatable bonds is 7. The molecule has 0 bridgehead atoms. The molecular weight excluding hydrogens is 552 g/mol. The topological polar surface area (TPSA) is 50.4 Å². The van der Waals surface area contributed by atoms with Gasteiger partial charge in [0.2, 0.25) is 0 Å². The number of aryl methyl sites for hydroxylation is 1. The van der Waals surface area contributed by atoms with Crippen LogP contribution in [0.2, 0.25) is 0 Å². The number of ether oxygens (including phenoxy) is 1. The molecule has 164 valence electrons. The maximum atomic E-state index is 12.5. The van der Waals surface area contributed by atoms with Crippen molar-refractivity contribution in [3.8, 4) is 5.75 Å². The van der Waals surface area contributed by atoms with Gasteiger partial charge in [-0.05, 0) is 85.3 Å². The second kappa shape index (κ2) is 10.6. The van der Waals surface area contributed by atoms with Crippen LogP contribution in [0.25, 0.3) is 6.08 Å². The van der Waals surface area contributed by atoms with Crippen LogP contribution in [-0.2, 0) is 17.8 Å². The molecule has 0 saturated carbocycles. The van der Waals surface area contributed by atoms with Crippen molar-refractivity contribution in [2.24, 2.45) is 0 Å². The third-order valence-corrected chi connectivity index (χ3v) is 7.14. The zero-order valence-electron chi connectivity index (χ0n) is 17.4. The van der Waals surface area contributed by atoms with Crippen LogP contribution in [0.5, 0.6) is 5.75 Å². The summed E-state index contributed by atoms with van der Waals surface area (Å²) in [6.07, 6.45) is 2.89. The van der Waals surface area contributed by atoms with Gasteiger partial charge in [0.1, 0.15) is 12.4 Å². The highest BCUT2D eigenvalue weighted by Crippen LogP contribution is 2.37. The lowest BCUT2D eigenvalue weighted by atomic mass is 10.1. The van der Waals surface area contributed by atoms with Gasteiger partial charge in [0, 0.05) is 5.69 Å². The van der Waals surface area contributed by atoms with E-state index in [0.29, 0.717) is 11.5 Å². The van der Waals surface area contributed by atoms with Crippen LogP contribution in [0.3, 0.4) is 0 Å². The Morgan fingerprint density at radius 2 is 1.72 bits per heavy atom. The Hall–Kier alpha value is -2.22. The standard InChI is InChI=1S/C25H22Br2N2O2S/c1-2-16-8-10-19(11-9-16)28-25-29-24(30)22(32-25)14-18-12-20(26)23(21(27)13-18)31-15-17-6-4-3-5-7-17/h3-14,25,28H,2,15H2,1H3,(H,29,30)/b22-14-/t25-/m1/s1. The lowest BCUT2D eigenvalue weighted by Crippen LogP contribution is -2.30. The first-order chi connectivity index (χ1) is 15.5. The molecule has 3 aromatic carbocycles. The minimum Gasteiger partial charge on any atom is -0.487 e. The van der Waals surface area contributed by atoms with Crippen molar-refractivity contribution in [1.82, 2.24) is 5.32 Å². The van der Waals surface area contributed by atoms with Gasteiger partial charge in [-0.2, -0.15) is 0 Å². The van der Waals surface area contributed by atoms with Crippen molar-refractivity contribution in [3.05, 3.63) is 97.3 Å². The number of thioether (sulfide) groups is 1. The van der Waals surface area contributed by atoms with E-state index in [-0.39, 0.29) is 11.4 Å². The maximum absolute atomic E-state index is 12.5. The molecule has 4 nitrogen and oxygen atoms in total. The molecule has 7 heteroatoms. The molecule has 1 heterocycles. The second-order valence-electron chi connectivity index (χ2n) is 7.26. The van der Waals surface area contributed by atoms with Crippen molar-refractivity contribution >= 4 is 61.3 Å². The molecule has 1 atom stereocenters. The summed E-state index contributed by atoms with van der Waals surface area (Å²) < 4.78 is 7.64. The molecule has 32 heavy (non-hydrogen) atoms. The van der Waals surface area contributed by atoms with E-state index < -0.39 is 0 Å². The van der Waals surface area contributed by atoms with E-state index in [0.717, 1.165) is 37.9 Å². The SMILES string of the molecule is CCc1ccc(N[C@@H]2NC(=O)/C(=C/c3cc(Br)c(OCc4ccccc4)c(Br)c3)S2)cc1. The minimum atomic E-state index is -0.207. The number of hydrogen-bond acceptors (Lipinski definition) is 4. The van der Waals surface area contributed by atoms with Gasteiger partial charge >= 0.3 is 0 Å². The van der Waals surface area contributed by atoms with Crippen LogP contribution in [0.15, 0.2) is 80.6 Å². The molecule has 0 radical (unpaired) electrons. The lowest BCUT2D eigenvalue weighted by Gasteiger charge is -2.13. The molecule has 2 N–H and O–H groups in total. The Bertz CT molecular complexity index is 1110. The average Bonchev–Trinajstić information content (AvgIpc) is 3.12. The first-order valence-electron chi connectivity index (χ1n) is 10.2. The van der Waals surface area contributed by atoms with Crippen LogP contribution in [-0.4, -0.2) is 11.4 Å². The number of hydrogen-bond donors (Lipinski definition) is 2. The summed E-state index contributed by atoms with van der Waals surface area (Å²) in [5.41, 5.74) is 4.06. The van der Waals surface area contributed by atoms with Crippen molar-refractivity contribution in [2.45, 2.75) is 25.4 Å². The molecule has 1 aliphatic heterocycles. The summed E-state index contributed by atoms with van der Waals surface area (Å²) >= 11 is 8.67. The molecule has 3 aromatic rings. The highest BCUT2D eigenvalue weighted by atomic mass is 79.9. The summed E-state index contributed by atoms with van der Waals surface area (Å²) in [6, 6.07) is 22.2. The van der Waals surface area contributed by atoms with Gasteiger partial charge in [-0.15, -0.1) is 0 Å². The number of nitrogens with one attached hydrogen (secondary N) is 2. The van der Waals surface area contributed by atoms with Gasteiger partial charge in [-0.25, -0.2) is 0 Å². The highest BCUT2D eigenvalue weighted by Gasteiger charge is 2.27. The lowest BCUT2D eigenvalue weighted by molar-refractivity contribution is -0.116. The van der Waals surface area contributed by atoms with Gasteiger partial charge in [0.25, 0.3) is 5.91 Å². The minimum absolute atomic E-state index is 0.0886. The summed E-state index contributed by atoms with van der Waals surface area (Å²) in [6.45, 7) is 2.61. The Kier molecular flexibility index (Phi) is 7.60. The fourth-order valence-electron chi connectivity index (χ4n) is 3.24. The van der Waals surface area contributed by atoms with E-state index in [1.54, 1.807) is 0 Å². The van der Waals surface area contributed by atoms with Crippen LogP contribution in [0.1, 0.15) is 23.6 Å². The Labute approximate surface area is 209 Å². The predicted molar refractivity (Wildman–Crippen MR) is 140 cm³/mol. The molecule has 0 aromatic heterocycles. The molecule has 0 unspecified atom stereocenters. The van der Waals surface area contributed by atoms with E-state index in [2.05, 4.69) is 61.5 Å². The van der Waals surface area contributed by atoms with Gasteiger partial charge in [0.15, 0.2) is 5.50 Å². The van der Waals surface area contributed by atoms with Crippen molar-refractivity contribution < 1.29 is 9.53 Å². The third kappa shape index (κ3) is 5.77. The molecule has 1 aliphatic rings. The van der Waals surface area contributed by atoms with Crippen molar-refractivity contribution in [1.29, 1.82) is 0 Å². The summed E-state index contributed by atoms with van der Waals surface area (Å²) in [4.78, 5) is 13.1. The average molecular weight is 574 g/mol. The molecule has 1 fully saturated rings. The van der Waals surface area contributed by atoms with E-state index >= 15 is 0 Å². The van der Waals surface area contributed by atoms with Gasteiger partial charge in [0.05, 0.1) is 13.9 Å². The maximum Gasteiger partial charge on any atom is 0.260 e. The fraction of sp³-hybridized carbons (Fsp3) is 0.160. The van der Waals surface area contributed by atoms with E-state index in [9.17, 15) is 4.79 Å². The summed E-state index contributed by atoms with van der Waals surface area (Å²) in [5, 5.41) is 6.33. The second-order valence-corrected chi connectivity index (χ2v) is 10.1. The quantitative estimate of drug-likeness (QED) is 0.300. The number of amides is 1. The highest BCUT2D eigenvalue weighted by molar-refractivity contribution is 9.11. The number of anilines is 1. The molecule has 1 amide bonds. The van der Waals surface area contributed by atoms with Crippen molar-refractivity contribution in [3.63, 3.8) is 0 Å². The Morgan fingerprint density at radius 1 is 1.03 bits per heavy atom. The monoisotopic (exact) mass is 572 g/mol. The molecule has 0 aliphatic carbocycles. The van der Waals surface area contributed by atoms with Crippen molar-refractivity contribution in [2.75, 3.05) is 5.32 Å². The Balaban J connectivity index is 1.44. The molecule has 4 rings (SSSR count). The first kappa shape index (κ1) is 23.0.